The Labute approximate surface area is 196 Å². The van der Waals surface area contributed by atoms with Crippen molar-refractivity contribution in [1.29, 1.82) is 0 Å². The zero-order valence-electron chi connectivity index (χ0n) is 18.7. The van der Waals surface area contributed by atoms with Gasteiger partial charge in [-0.3, -0.25) is 9.48 Å². The summed E-state index contributed by atoms with van der Waals surface area (Å²) < 4.78 is 42.2. The number of nitrogens with zero attached hydrogens (tertiary/aromatic N) is 9. The van der Waals surface area contributed by atoms with E-state index in [0.29, 0.717) is 36.2 Å². The fourth-order valence-corrected chi connectivity index (χ4v) is 3.68. The highest BCUT2D eigenvalue weighted by Crippen LogP contribution is 2.27. The number of carbonyl (C=O) groups is 1. The summed E-state index contributed by atoms with van der Waals surface area (Å²) in [6.45, 7) is 2.47. The zero-order chi connectivity index (χ0) is 24.7. The van der Waals surface area contributed by atoms with E-state index in [4.69, 9.17) is 0 Å². The lowest BCUT2D eigenvalue weighted by Gasteiger charge is -2.27. The van der Waals surface area contributed by atoms with Crippen LogP contribution < -0.4 is 5.32 Å². The molecule has 0 spiro atoms. The first-order chi connectivity index (χ1) is 16.7. The van der Waals surface area contributed by atoms with Gasteiger partial charge in [0.2, 0.25) is 11.8 Å². The molecule has 0 radical (unpaired) electrons. The molecule has 1 amide bonds. The minimum Gasteiger partial charge on any atom is -0.328 e. The van der Waals surface area contributed by atoms with Crippen LogP contribution in [0.5, 0.6) is 0 Å². The first kappa shape index (κ1) is 22.4. The number of alkyl halides is 3. The molecule has 0 aromatic carbocycles. The van der Waals surface area contributed by atoms with Crippen LogP contribution in [0.25, 0.3) is 11.4 Å². The van der Waals surface area contributed by atoms with Crippen molar-refractivity contribution < 1.29 is 18.0 Å². The van der Waals surface area contributed by atoms with Gasteiger partial charge in [-0.15, -0.1) is 0 Å². The van der Waals surface area contributed by atoms with Crippen molar-refractivity contribution >= 4 is 17.7 Å². The van der Waals surface area contributed by atoms with Crippen molar-refractivity contribution in [3.63, 3.8) is 0 Å². The average molecular weight is 484 g/mol. The molecule has 14 heteroatoms. The van der Waals surface area contributed by atoms with Crippen LogP contribution in [0.15, 0.2) is 36.9 Å². The van der Waals surface area contributed by atoms with Crippen molar-refractivity contribution in [2.45, 2.75) is 26.2 Å². The van der Waals surface area contributed by atoms with Crippen LogP contribution in [0.3, 0.4) is 0 Å². The van der Waals surface area contributed by atoms with E-state index in [1.54, 1.807) is 41.0 Å². The van der Waals surface area contributed by atoms with Crippen LogP contribution in [-0.2, 0) is 26.3 Å². The Balaban J connectivity index is 1.39. The largest absolute Gasteiger partial charge is 0.451 e. The topological polar surface area (TPSA) is 120 Å². The number of hydrogen-bond donors (Lipinski definition) is 1. The molecule has 0 fully saturated rings. The minimum absolute atomic E-state index is 0.0854. The number of anilines is 2. The molecule has 35 heavy (non-hydrogen) atoms. The normalized spacial score (nSPS) is 13.7. The molecule has 0 aliphatic carbocycles. The van der Waals surface area contributed by atoms with Gasteiger partial charge in [0.25, 0.3) is 5.91 Å². The summed E-state index contributed by atoms with van der Waals surface area (Å²) in [6.07, 6.45) is 1.41. The van der Waals surface area contributed by atoms with E-state index in [2.05, 4.69) is 35.3 Å². The van der Waals surface area contributed by atoms with Crippen LogP contribution >= 0.6 is 0 Å². The van der Waals surface area contributed by atoms with Crippen molar-refractivity contribution in [2.75, 3.05) is 11.9 Å². The number of fused-ring (bicyclic) bond motifs is 1. The maximum Gasteiger partial charge on any atom is 0.451 e. The van der Waals surface area contributed by atoms with Gasteiger partial charge in [-0.05, 0) is 18.6 Å². The summed E-state index contributed by atoms with van der Waals surface area (Å²) in [5, 5.41) is 7.18. The van der Waals surface area contributed by atoms with Crippen molar-refractivity contribution in [3.05, 3.63) is 59.8 Å². The molecule has 5 rings (SSSR count). The lowest BCUT2D eigenvalue weighted by Crippen LogP contribution is -2.40. The van der Waals surface area contributed by atoms with Gasteiger partial charge in [0, 0.05) is 44.8 Å². The summed E-state index contributed by atoms with van der Waals surface area (Å²) in [7, 11) is 1.78. The predicted octanol–water partition coefficient (Wildman–Crippen LogP) is 2.59. The van der Waals surface area contributed by atoms with Crippen molar-refractivity contribution in [3.8, 4) is 11.4 Å². The van der Waals surface area contributed by atoms with E-state index in [-0.39, 0.29) is 18.1 Å². The van der Waals surface area contributed by atoms with Crippen LogP contribution in [-0.4, -0.2) is 56.6 Å². The lowest BCUT2D eigenvalue weighted by atomic mass is 10.2. The van der Waals surface area contributed by atoms with Gasteiger partial charge in [0.15, 0.2) is 5.82 Å². The Kier molecular flexibility index (Phi) is 5.42. The fraction of sp³-hybridized carbons (Fsp3) is 0.286. The molecule has 1 aliphatic heterocycles. The molecule has 0 bridgehead atoms. The molecule has 0 saturated heterocycles. The van der Waals surface area contributed by atoms with E-state index in [1.807, 2.05) is 6.92 Å². The SMILES string of the molecule is Cc1cnc(Nc2ccnn2C)nc1-c1cn2c(n1)C(=O)N(Cc1ccnc(C(F)(F)F)n1)CC2. The molecular weight excluding hydrogens is 465 g/mol. The van der Waals surface area contributed by atoms with Gasteiger partial charge in [-0.1, -0.05) is 0 Å². The van der Waals surface area contributed by atoms with Crippen molar-refractivity contribution in [1.82, 2.24) is 44.2 Å². The number of nitrogens with one attached hydrogen (secondary N) is 1. The van der Waals surface area contributed by atoms with E-state index < -0.39 is 17.9 Å². The zero-order valence-corrected chi connectivity index (χ0v) is 18.7. The van der Waals surface area contributed by atoms with Gasteiger partial charge in [0.1, 0.15) is 11.5 Å². The van der Waals surface area contributed by atoms with E-state index >= 15 is 0 Å². The molecule has 0 unspecified atom stereocenters. The Morgan fingerprint density at radius 1 is 1.09 bits per heavy atom. The second-order valence-electron chi connectivity index (χ2n) is 7.93. The maximum atomic E-state index is 13.1. The smallest absolute Gasteiger partial charge is 0.328 e. The second-order valence-corrected chi connectivity index (χ2v) is 7.93. The maximum absolute atomic E-state index is 13.1. The Bertz CT molecular complexity index is 1410. The highest BCUT2D eigenvalue weighted by atomic mass is 19.4. The number of halogens is 3. The summed E-state index contributed by atoms with van der Waals surface area (Å²) >= 11 is 0. The number of amides is 1. The number of hydrogen-bond acceptors (Lipinski definition) is 8. The molecule has 180 valence electrons. The third kappa shape index (κ3) is 4.41. The lowest BCUT2D eigenvalue weighted by molar-refractivity contribution is -0.145. The minimum atomic E-state index is -4.66. The summed E-state index contributed by atoms with van der Waals surface area (Å²) in [5.74, 6) is -0.423. The molecule has 4 aromatic rings. The fourth-order valence-electron chi connectivity index (χ4n) is 3.68. The van der Waals surface area contributed by atoms with Gasteiger partial charge >= 0.3 is 6.18 Å². The highest BCUT2D eigenvalue weighted by Gasteiger charge is 2.35. The van der Waals surface area contributed by atoms with Crippen LogP contribution in [0.1, 0.15) is 27.7 Å². The summed E-state index contributed by atoms with van der Waals surface area (Å²) in [4.78, 5) is 34.6. The first-order valence-corrected chi connectivity index (χ1v) is 10.5. The van der Waals surface area contributed by atoms with Crippen LogP contribution in [0, 0.1) is 6.92 Å². The van der Waals surface area contributed by atoms with E-state index in [1.165, 1.54) is 11.0 Å². The third-order valence-electron chi connectivity index (χ3n) is 5.46. The summed E-state index contributed by atoms with van der Waals surface area (Å²) in [6, 6.07) is 3.14. The number of rotatable bonds is 5. The Morgan fingerprint density at radius 3 is 2.66 bits per heavy atom. The average Bonchev–Trinajstić information content (AvgIpc) is 3.43. The number of carbonyl (C=O) groups excluding carboxylic acids is 1. The molecular formula is C21H19F3N10O. The van der Waals surface area contributed by atoms with Gasteiger partial charge in [-0.2, -0.15) is 18.3 Å². The number of imidazole rings is 1. The molecule has 1 N–H and O–H groups in total. The quantitative estimate of drug-likeness (QED) is 0.459. The first-order valence-electron chi connectivity index (χ1n) is 10.5. The molecule has 0 atom stereocenters. The molecule has 0 saturated carbocycles. The molecule has 5 heterocycles. The standard InChI is InChI=1S/C21H19F3N10O/c1-12-9-26-20(30-15-4-6-27-32(15)2)31-16(12)14-11-33-7-8-34(18(35)17(33)29-14)10-13-3-5-25-19(28-13)21(22,23)24/h3-6,9,11H,7-8,10H2,1-2H3,(H,26,30,31). The van der Waals surface area contributed by atoms with Crippen LogP contribution in [0.2, 0.25) is 0 Å². The van der Waals surface area contributed by atoms with Gasteiger partial charge in [-0.25, -0.2) is 24.9 Å². The predicted molar refractivity (Wildman–Crippen MR) is 116 cm³/mol. The van der Waals surface area contributed by atoms with Gasteiger partial charge < -0.3 is 14.8 Å². The summed E-state index contributed by atoms with van der Waals surface area (Å²) in [5.41, 5.74) is 1.90. The van der Waals surface area contributed by atoms with Crippen LogP contribution in [0.4, 0.5) is 24.9 Å². The molecule has 4 aromatic heterocycles. The molecule has 11 nitrogen and oxygen atoms in total. The monoisotopic (exact) mass is 484 g/mol. The van der Waals surface area contributed by atoms with E-state index in [0.717, 1.165) is 11.8 Å². The second kappa shape index (κ2) is 8.45. The Hall–Kier alpha value is -4.36. The number of aromatic nitrogens is 8. The third-order valence-corrected chi connectivity index (χ3v) is 5.46. The van der Waals surface area contributed by atoms with Gasteiger partial charge in [0.05, 0.1) is 24.1 Å². The highest BCUT2D eigenvalue weighted by molar-refractivity contribution is 5.92. The molecule has 1 aliphatic rings. The van der Waals surface area contributed by atoms with Crippen molar-refractivity contribution in [2.24, 2.45) is 7.05 Å². The van der Waals surface area contributed by atoms with E-state index in [9.17, 15) is 18.0 Å². The Morgan fingerprint density at radius 2 is 1.91 bits per heavy atom. The number of aryl methyl sites for hydroxylation is 2.